The molecule has 0 saturated carbocycles. The molecule has 1 heterocycles. The maximum absolute atomic E-state index is 11.5. The summed E-state index contributed by atoms with van der Waals surface area (Å²) in [6.45, 7) is 0.0365. The third-order valence-electron chi connectivity index (χ3n) is 2.42. The minimum absolute atomic E-state index is 0.0128. The Bertz CT molecular complexity index is 458. The lowest BCUT2D eigenvalue weighted by Crippen LogP contribution is -2.47. The summed E-state index contributed by atoms with van der Waals surface area (Å²) in [5.74, 6) is -0.963. The van der Waals surface area contributed by atoms with Gasteiger partial charge in [-0.15, -0.1) is 0 Å². The van der Waals surface area contributed by atoms with Gasteiger partial charge in [-0.25, -0.2) is 0 Å². The number of phenolic OH excluding ortho intramolecular Hbond substituents is 1. The van der Waals surface area contributed by atoms with Crippen LogP contribution in [0.4, 0.5) is 0 Å². The summed E-state index contributed by atoms with van der Waals surface area (Å²) in [6.07, 6.45) is 0. The van der Waals surface area contributed by atoms with Crippen LogP contribution < -0.4 is 5.46 Å². The number of hydrogen-bond donors (Lipinski definition) is 1. The summed E-state index contributed by atoms with van der Waals surface area (Å²) in [4.78, 5) is 24.5. The van der Waals surface area contributed by atoms with Crippen molar-refractivity contribution < 1.29 is 24.0 Å². The fourth-order valence-electron chi connectivity index (χ4n) is 1.64. The van der Waals surface area contributed by atoms with Crippen molar-refractivity contribution in [3.8, 4) is 5.75 Å². The van der Waals surface area contributed by atoms with Crippen molar-refractivity contribution >= 4 is 24.5 Å². The van der Waals surface area contributed by atoms with Crippen LogP contribution in [0.3, 0.4) is 0 Å². The topological polar surface area (TPSA) is 76.1 Å². The Morgan fingerprint density at radius 3 is 2.39 bits per heavy atom. The van der Waals surface area contributed by atoms with Crippen LogP contribution in [-0.2, 0) is 18.9 Å². The Labute approximate surface area is 104 Å². The normalized spacial score (nSPS) is 17.7. The fraction of sp³-hybridized carbons (Fsp3) is 0.273. The maximum Gasteiger partial charge on any atom is 0.636 e. The predicted molar refractivity (Wildman–Crippen MR) is 63.2 cm³/mol. The molecule has 7 heteroatoms. The summed E-state index contributed by atoms with van der Waals surface area (Å²) in [5.41, 5.74) is 0.418. The summed E-state index contributed by atoms with van der Waals surface area (Å²) in [6, 6.07) is 6.05. The van der Waals surface area contributed by atoms with Gasteiger partial charge in [0.15, 0.2) is 0 Å². The van der Waals surface area contributed by atoms with Crippen molar-refractivity contribution in [2.75, 3.05) is 20.1 Å². The first kappa shape index (κ1) is 12.4. The van der Waals surface area contributed by atoms with Crippen LogP contribution in [0.1, 0.15) is 0 Å². The quantitative estimate of drug-likeness (QED) is 0.651. The Morgan fingerprint density at radius 1 is 1.22 bits per heavy atom. The average Bonchev–Trinajstić information content (AvgIpc) is 2.25. The molecule has 0 unspecified atom stereocenters. The van der Waals surface area contributed by atoms with Crippen LogP contribution in [0.2, 0.25) is 0 Å². The molecule has 18 heavy (non-hydrogen) atoms. The zero-order valence-electron chi connectivity index (χ0n) is 9.83. The van der Waals surface area contributed by atoms with Gasteiger partial charge in [-0.05, 0) is 19.2 Å². The largest absolute Gasteiger partial charge is 0.636 e. The molecule has 1 fully saturated rings. The van der Waals surface area contributed by atoms with E-state index in [2.05, 4.69) is 0 Å². The van der Waals surface area contributed by atoms with Crippen molar-refractivity contribution in [1.29, 1.82) is 0 Å². The SMILES string of the molecule is CN1CC(=O)OB(c2cccc(O)c2)OC(=O)C1. The second-order valence-electron chi connectivity index (χ2n) is 4.08. The monoisotopic (exact) mass is 249 g/mol. The highest BCUT2D eigenvalue weighted by Crippen LogP contribution is 2.07. The molecular weight excluding hydrogens is 237 g/mol. The smallest absolute Gasteiger partial charge is 0.508 e. The molecule has 0 aliphatic carbocycles. The lowest BCUT2D eigenvalue weighted by Gasteiger charge is -2.22. The highest BCUT2D eigenvalue weighted by molar-refractivity contribution is 6.64. The van der Waals surface area contributed by atoms with E-state index in [1.807, 2.05) is 0 Å². The molecule has 1 aliphatic rings. The molecule has 94 valence electrons. The van der Waals surface area contributed by atoms with E-state index in [1.54, 1.807) is 19.2 Å². The van der Waals surface area contributed by atoms with Crippen LogP contribution in [0, 0.1) is 0 Å². The minimum Gasteiger partial charge on any atom is -0.508 e. The molecule has 0 spiro atoms. The highest BCUT2D eigenvalue weighted by Gasteiger charge is 2.33. The highest BCUT2D eigenvalue weighted by atomic mass is 16.6. The third kappa shape index (κ3) is 3.01. The van der Waals surface area contributed by atoms with Gasteiger partial charge in [-0.3, -0.25) is 14.5 Å². The maximum atomic E-state index is 11.5. The van der Waals surface area contributed by atoms with Gasteiger partial charge < -0.3 is 14.4 Å². The van der Waals surface area contributed by atoms with Crippen molar-refractivity contribution in [2.24, 2.45) is 0 Å². The van der Waals surface area contributed by atoms with E-state index in [1.165, 1.54) is 17.0 Å². The fourth-order valence-corrected chi connectivity index (χ4v) is 1.64. The summed E-state index contributed by atoms with van der Waals surface area (Å²) < 4.78 is 10.1. The molecule has 0 aromatic heterocycles. The molecular formula is C11H12BNO5. The lowest BCUT2D eigenvalue weighted by molar-refractivity contribution is -0.145. The van der Waals surface area contributed by atoms with E-state index >= 15 is 0 Å². The lowest BCUT2D eigenvalue weighted by atomic mass is 9.78. The van der Waals surface area contributed by atoms with E-state index in [4.69, 9.17) is 9.31 Å². The third-order valence-corrected chi connectivity index (χ3v) is 2.42. The first-order valence-electron chi connectivity index (χ1n) is 5.41. The number of carbonyl (C=O) groups is 2. The predicted octanol–water partition coefficient (Wildman–Crippen LogP) is -0.881. The van der Waals surface area contributed by atoms with Gasteiger partial charge in [0.05, 0.1) is 13.1 Å². The molecule has 6 nitrogen and oxygen atoms in total. The van der Waals surface area contributed by atoms with E-state index in [0.717, 1.165) is 0 Å². The van der Waals surface area contributed by atoms with Crippen LogP contribution in [0.15, 0.2) is 24.3 Å². The van der Waals surface area contributed by atoms with Gasteiger partial charge in [0, 0.05) is 5.46 Å². The minimum atomic E-state index is -1.11. The standard InChI is InChI=1S/C11H12BNO5/c1-13-6-10(15)17-12(18-11(16)7-13)8-3-2-4-9(14)5-8/h2-5,14H,6-7H2,1H3. The molecule has 1 aromatic carbocycles. The number of benzene rings is 1. The number of rotatable bonds is 1. The van der Waals surface area contributed by atoms with Crippen molar-refractivity contribution in [3.05, 3.63) is 24.3 Å². The number of hydrogen-bond acceptors (Lipinski definition) is 6. The second kappa shape index (κ2) is 5.09. The van der Waals surface area contributed by atoms with Crippen LogP contribution in [0.5, 0.6) is 5.75 Å². The number of carbonyl (C=O) groups excluding carboxylic acids is 2. The van der Waals surface area contributed by atoms with Gasteiger partial charge >= 0.3 is 19.1 Å². The van der Waals surface area contributed by atoms with E-state index < -0.39 is 19.1 Å². The van der Waals surface area contributed by atoms with Gasteiger partial charge in [0.1, 0.15) is 5.75 Å². The number of aromatic hydroxyl groups is 1. The van der Waals surface area contributed by atoms with Crippen molar-refractivity contribution in [1.82, 2.24) is 4.90 Å². The van der Waals surface area contributed by atoms with Gasteiger partial charge in [0.2, 0.25) is 0 Å². The Morgan fingerprint density at radius 2 is 1.83 bits per heavy atom. The van der Waals surface area contributed by atoms with Gasteiger partial charge in [-0.2, -0.15) is 0 Å². The zero-order chi connectivity index (χ0) is 13.1. The van der Waals surface area contributed by atoms with Crippen LogP contribution in [-0.4, -0.2) is 49.2 Å². The summed E-state index contributed by atoms with van der Waals surface area (Å²) >= 11 is 0. The van der Waals surface area contributed by atoms with Crippen LogP contribution >= 0.6 is 0 Å². The summed E-state index contributed by atoms with van der Waals surface area (Å²) in [7, 11) is 0.516. The van der Waals surface area contributed by atoms with Gasteiger partial charge in [-0.1, -0.05) is 12.1 Å². The molecule has 1 N–H and O–H groups in total. The first-order chi connectivity index (χ1) is 8.54. The van der Waals surface area contributed by atoms with Crippen molar-refractivity contribution in [3.63, 3.8) is 0 Å². The zero-order valence-corrected chi connectivity index (χ0v) is 9.83. The average molecular weight is 249 g/mol. The Kier molecular flexibility index (Phi) is 3.52. The van der Waals surface area contributed by atoms with E-state index in [9.17, 15) is 14.7 Å². The molecule has 1 saturated heterocycles. The number of nitrogens with zero attached hydrogens (tertiary/aromatic N) is 1. The Hall–Kier alpha value is -2.02. The molecule has 0 atom stereocenters. The molecule has 0 radical (unpaired) electrons. The molecule has 1 aliphatic heterocycles. The molecule has 0 amide bonds. The number of phenols is 1. The summed E-state index contributed by atoms with van der Waals surface area (Å²) in [5, 5.41) is 9.35. The second-order valence-corrected chi connectivity index (χ2v) is 4.08. The van der Waals surface area contributed by atoms with Gasteiger partial charge in [0.25, 0.3) is 0 Å². The molecule has 0 bridgehead atoms. The number of likely N-dealkylation sites (N-methyl/N-ethyl adjacent to an activating group) is 1. The first-order valence-corrected chi connectivity index (χ1v) is 5.41. The molecule has 1 aromatic rings. The van der Waals surface area contributed by atoms with E-state index in [-0.39, 0.29) is 18.8 Å². The van der Waals surface area contributed by atoms with Crippen molar-refractivity contribution in [2.45, 2.75) is 0 Å². The van der Waals surface area contributed by atoms with E-state index in [0.29, 0.717) is 5.46 Å². The Balaban J connectivity index is 2.20. The molecule has 2 rings (SSSR count). The van der Waals surface area contributed by atoms with Crippen LogP contribution in [0.25, 0.3) is 0 Å².